The lowest BCUT2D eigenvalue weighted by Gasteiger charge is -2.51. The summed E-state index contributed by atoms with van der Waals surface area (Å²) in [6, 6.07) is -1.48. The molecule has 0 aliphatic carbocycles. The molecular weight excluding hydrogens is 508 g/mol. The number of carbonyl (C=O) groups is 3. The number of hydrogen-bond acceptors (Lipinski definition) is 7. The summed E-state index contributed by atoms with van der Waals surface area (Å²) in [5.41, 5.74) is 0.0451. The van der Waals surface area contributed by atoms with E-state index in [-0.39, 0.29) is 40.5 Å². The van der Waals surface area contributed by atoms with E-state index in [0.717, 1.165) is 0 Å². The van der Waals surface area contributed by atoms with E-state index in [4.69, 9.17) is 17.7 Å². The molecule has 3 rings (SSSR count). The highest BCUT2D eigenvalue weighted by Crippen LogP contribution is 2.47. The van der Waals surface area contributed by atoms with Crippen molar-refractivity contribution < 1.29 is 32.1 Å². The summed E-state index contributed by atoms with van der Waals surface area (Å²) in [4.78, 5) is 40.1. The molecule has 3 aliphatic heterocycles. The lowest BCUT2D eigenvalue weighted by atomic mass is 9.84. The van der Waals surface area contributed by atoms with Gasteiger partial charge in [-0.3, -0.25) is 19.8 Å². The van der Waals surface area contributed by atoms with Gasteiger partial charge in [0.25, 0.3) is 0 Å². The first-order chi connectivity index (χ1) is 17.0. The smallest absolute Gasteiger partial charge is 0.335 e. The number of nitrogens with one attached hydrogen (secondary N) is 1. The Morgan fingerprint density at radius 1 is 0.919 bits per heavy atom. The topological polar surface area (TPSA) is 103 Å². The summed E-state index contributed by atoms with van der Waals surface area (Å²) in [7, 11) is -5.54. The zero-order chi connectivity index (χ0) is 28.1. The first-order valence-electron chi connectivity index (χ1n) is 13.8. The van der Waals surface area contributed by atoms with Gasteiger partial charge in [-0.1, -0.05) is 76.2 Å². The molecule has 0 spiro atoms. The molecule has 37 heavy (non-hydrogen) atoms. The highest BCUT2D eigenvalue weighted by Gasteiger charge is 2.61. The van der Waals surface area contributed by atoms with Crippen molar-refractivity contribution in [3.05, 3.63) is 0 Å². The third-order valence-corrected chi connectivity index (χ3v) is 18.4. The normalized spacial score (nSPS) is 30.5. The minimum absolute atomic E-state index is 0.0785. The SMILES string of the molecule is CC(C)[Si]1(C(C)C)OC[C@H]2O[C@@H](N3C(=O)NC(=O)C[C@H]3C(=O)C(C)(C)C)C[C@@H]2O[Si](C(C)C)(C(C)C)O1. The monoisotopic (exact) mass is 556 g/mol. The molecule has 3 fully saturated rings. The van der Waals surface area contributed by atoms with Crippen LogP contribution in [0.1, 0.15) is 89.0 Å². The maximum atomic E-state index is 13.3. The van der Waals surface area contributed by atoms with Crippen molar-refractivity contribution in [2.45, 2.75) is 136 Å². The number of fused-ring (bicyclic) bond motifs is 1. The molecule has 0 bridgehead atoms. The molecule has 0 aromatic rings. The van der Waals surface area contributed by atoms with Gasteiger partial charge in [0.1, 0.15) is 18.4 Å². The Bertz CT molecular complexity index is 871. The van der Waals surface area contributed by atoms with Crippen LogP contribution in [0.4, 0.5) is 4.79 Å². The van der Waals surface area contributed by atoms with Crippen molar-refractivity contribution in [2.24, 2.45) is 5.41 Å². The van der Waals surface area contributed by atoms with E-state index in [0.29, 0.717) is 13.0 Å². The van der Waals surface area contributed by atoms with Crippen LogP contribution in [-0.2, 0) is 27.3 Å². The molecule has 0 saturated carbocycles. The van der Waals surface area contributed by atoms with Gasteiger partial charge in [0, 0.05) is 11.8 Å². The number of carbonyl (C=O) groups excluding carboxylic acids is 3. The van der Waals surface area contributed by atoms with Gasteiger partial charge in [0.2, 0.25) is 5.91 Å². The molecule has 3 heterocycles. The van der Waals surface area contributed by atoms with Gasteiger partial charge >= 0.3 is 23.2 Å². The Hall–Kier alpha value is -1.12. The van der Waals surface area contributed by atoms with Gasteiger partial charge in [0.05, 0.1) is 19.1 Å². The Balaban J connectivity index is 2.01. The van der Waals surface area contributed by atoms with Crippen LogP contribution in [0, 0.1) is 5.41 Å². The lowest BCUT2D eigenvalue weighted by Crippen LogP contribution is -2.65. The highest BCUT2D eigenvalue weighted by atomic mass is 28.5. The third kappa shape index (κ3) is 5.63. The van der Waals surface area contributed by atoms with Crippen molar-refractivity contribution in [3.63, 3.8) is 0 Å². The predicted octanol–water partition coefficient (Wildman–Crippen LogP) is 4.98. The largest absolute Gasteiger partial charge is 0.414 e. The second-order valence-electron chi connectivity index (χ2n) is 13.1. The van der Waals surface area contributed by atoms with Crippen molar-refractivity contribution >= 4 is 34.8 Å². The van der Waals surface area contributed by atoms with Gasteiger partial charge in [-0.2, -0.15) is 0 Å². The molecule has 9 nitrogen and oxygen atoms in total. The number of imide groups is 1. The fraction of sp³-hybridized carbons (Fsp3) is 0.885. The summed E-state index contributed by atoms with van der Waals surface area (Å²) in [5.74, 6) is -0.611. The minimum atomic E-state index is -2.83. The van der Waals surface area contributed by atoms with Gasteiger partial charge in [0.15, 0.2) is 5.78 Å². The van der Waals surface area contributed by atoms with Gasteiger partial charge < -0.3 is 17.7 Å². The van der Waals surface area contributed by atoms with Crippen LogP contribution in [0.2, 0.25) is 22.2 Å². The molecular formula is C26H48N2O7Si2. The number of hydrogen-bond donors (Lipinski definition) is 1. The van der Waals surface area contributed by atoms with Crippen LogP contribution in [0.25, 0.3) is 0 Å². The minimum Gasteiger partial charge on any atom is -0.414 e. The Morgan fingerprint density at radius 2 is 1.46 bits per heavy atom. The molecule has 0 aromatic carbocycles. The van der Waals surface area contributed by atoms with Gasteiger partial charge in [-0.05, 0) is 22.2 Å². The van der Waals surface area contributed by atoms with E-state index in [1.165, 1.54) is 4.90 Å². The number of urea groups is 1. The summed E-state index contributed by atoms with van der Waals surface area (Å²) >= 11 is 0. The van der Waals surface area contributed by atoms with E-state index < -0.39 is 52.8 Å². The zero-order valence-corrected chi connectivity index (χ0v) is 26.5. The summed E-state index contributed by atoms with van der Waals surface area (Å²) in [6.07, 6.45) is -1.15. The van der Waals surface area contributed by atoms with E-state index in [9.17, 15) is 14.4 Å². The van der Waals surface area contributed by atoms with E-state index >= 15 is 0 Å². The number of ether oxygens (including phenoxy) is 1. The van der Waals surface area contributed by atoms with Crippen LogP contribution in [0.5, 0.6) is 0 Å². The maximum absolute atomic E-state index is 13.3. The van der Waals surface area contributed by atoms with Crippen LogP contribution in [0.3, 0.4) is 0 Å². The van der Waals surface area contributed by atoms with Crippen LogP contribution >= 0.6 is 0 Å². The fourth-order valence-corrected chi connectivity index (χ4v) is 17.2. The lowest BCUT2D eigenvalue weighted by molar-refractivity contribution is -0.143. The van der Waals surface area contributed by atoms with Crippen LogP contribution < -0.4 is 5.32 Å². The third-order valence-electron chi connectivity index (χ3n) is 8.07. The van der Waals surface area contributed by atoms with Crippen molar-refractivity contribution in [2.75, 3.05) is 6.61 Å². The first-order valence-corrected chi connectivity index (χ1v) is 17.7. The van der Waals surface area contributed by atoms with E-state index in [1.54, 1.807) is 20.8 Å². The number of amides is 3. The molecule has 4 atom stereocenters. The zero-order valence-electron chi connectivity index (χ0n) is 24.5. The first kappa shape index (κ1) is 30.4. The molecule has 0 unspecified atom stereocenters. The second-order valence-corrected chi connectivity index (χ2v) is 21.9. The Morgan fingerprint density at radius 3 is 1.95 bits per heavy atom. The van der Waals surface area contributed by atoms with E-state index in [2.05, 4.69) is 60.7 Å². The molecule has 3 amide bonds. The molecule has 0 radical (unpaired) electrons. The van der Waals surface area contributed by atoms with Crippen molar-refractivity contribution in [1.82, 2.24) is 10.2 Å². The molecule has 11 heteroatoms. The molecule has 0 aromatic heterocycles. The summed E-state index contributed by atoms with van der Waals surface area (Å²) in [6.45, 7) is 23.0. The molecule has 212 valence electrons. The average molecular weight is 557 g/mol. The standard InChI is InChI=1S/C26H48N2O7Si2/c1-15(2)36(16(3)4)32-14-21-20(34-37(35-36,17(5)6)18(7)8)13-23(33-21)28-19(24(30)26(9,10)11)12-22(29)27-25(28)31/h15-21,23H,12-14H2,1-11H3,(H,27,29,31)/t19-,20-,21+,23+/m0/s1. The quantitative estimate of drug-likeness (QED) is 0.460. The number of Topliss-reactive ketones (excluding diaryl/α,β-unsaturated/α-hetero) is 1. The average Bonchev–Trinajstić information content (AvgIpc) is 3.12. The number of nitrogens with zero attached hydrogens (tertiary/aromatic N) is 1. The highest BCUT2D eigenvalue weighted by molar-refractivity contribution is 6.83. The van der Waals surface area contributed by atoms with Crippen LogP contribution in [-0.4, -0.2) is 70.8 Å². The number of ketones is 1. The summed E-state index contributed by atoms with van der Waals surface area (Å²) in [5, 5.41) is 2.38. The molecule has 1 N–H and O–H groups in total. The molecule has 3 saturated heterocycles. The second kappa shape index (κ2) is 10.8. The van der Waals surface area contributed by atoms with Crippen molar-refractivity contribution in [3.8, 4) is 0 Å². The van der Waals surface area contributed by atoms with Crippen LogP contribution in [0.15, 0.2) is 0 Å². The maximum Gasteiger partial charge on any atom is 0.335 e. The number of rotatable bonds is 6. The Kier molecular flexibility index (Phi) is 8.88. The van der Waals surface area contributed by atoms with Gasteiger partial charge in [-0.15, -0.1) is 0 Å². The molecule has 3 aliphatic rings. The van der Waals surface area contributed by atoms with E-state index in [1.807, 2.05) is 0 Å². The Labute approximate surface area is 224 Å². The summed E-state index contributed by atoms with van der Waals surface area (Å²) < 4.78 is 27.5. The fourth-order valence-electron chi connectivity index (χ4n) is 6.01. The van der Waals surface area contributed by atoms with Crippen molar-refractivity contribution in [1.29, 1.82) is 0 Å². The predicted molar refractivity (Wildman–Crippen MR) is 145 cm³/mol. The van der Waals surface area contributed by atoms with Gasteiger partial charge in [-0.25, -0.2) is 4.79 Å².